The van der Waals surface area contributed by atoms with E-state index in [-0.39, 0.29) is 24.2 Å². The van der Waals surface area contributed by atoms with Gasteiger partial charge in [-0.25, -0.2) is 4.39 Å². The van der Waals surface area contributed by atoms with E-state index in [9.17, 15) is 23.9 Å². The second-order valence-corrected chi connectivity index (χ2v) is 9.26. The van der Waals surface area contributed by atoms with Crippen LogP contribution in [0.15, 0.2) is 54.6 Å². The van der Waals surface area contributed by atoms with E-state index in [1.54, 1.807) is 12.1 Å². The zero-order valence-corrected chi connectivity index (χ0v) is 20.7. The Balaban J connectivity index is 1.77. The first-order valence-electron chi connectivity index (χ1n) is 12.6. The predicted octanol–water partition coefficient (Wildman–Crippen LogP) is 3.92. The Morgan fingerprint density at radius 3 is 2.53 bits per heavy atom. The molecule has 2 aromatic rings. The zero-order chi connectivity index (χ0) is 25.9. The fraction of sp³-hybridized carbons (Fsp3) is 0.464. The van der Waals surface area contributed by atoms with Crippen molar-refractivity contribution in [1.82, 2.24) is 10.2 Å². The average Bonchev–Trinajstić information content (AvgIpc) is 3.01. The number of nitrogens with one attached hydrogen (secondary N) is 1. The second kappa shape index (κ2) is 13.7. The van der Waals surface area contributed by atoms with Gasteiger partial charge in [0.1, 0.15) is 18.4 Å². The van der Waals surface area contributed by atoms with E-state index in [1.165, 1.54) is 17.0 Å². The van der Waals surface area contributed by atoms with Crippen molar-refractivity contribution in [2.75, 3.05) is 19.7 Å². The van der Waals surface area contributed by atoms with Crippen molar-refractivity contribution in [2.24, 2.45) is 0 Å². The molecule has 0 saturated carbocycles. The number of ether oxygens (including phenoxy) is 1. The molecule has 1 aliphatic heterocycles. The molecule has 1 aliphatic rings. The third-order valence-electron chi connectivity index (χ3n) is 6.52. The van der Waals surface area contributed by atoms with Crippen LogP contribution >= 0.6 is 0 Å². The van der Waals surface area contributed by atoms with Crippen molar-refractivity contribution < 1.29 is 28.6 Å². The van der Waals surface area contributed by atoms with Crippen LogP contribution in [0.4, 0.5) is 4.39 Å². The Bertz CT molecular complexity index is 999. The molecule has 1 saturated heterocycles. The Morgan fingerprint density at radius 1 is 1.14 bits per heavy atom. The number of carbonyl (C=O) groups is 3. The molecule has 1 amide bonds. The van der Waals surface area contributed by atoms with Crippen LogP contribution in [0.1, 0.15) is 56.1 Å². The summed E-state index contributed by atoms with van der Waals surface area (Å²) in [5.74, 6) is -2.36. The van der Waals surface area contributed by atoms with Crippen LogP contribution in [0, 0.1) is 5.82 Å². The number of hydrogen-bond donors (Lipinski definition) is 2. The van der Waals surface area contributed by atoms with Crippen molar-refractivity contribution in [3.63, 3.8) is 0 Å². The van der Waals surface area contributed by atoms with E-state index in [1.807, 2.05) is 37.3 Å². The molecule has 3 rings (SSSR count). The number of amides is 1. The average molecular weight is 499 g/mol. The van der Waals surface area contributed by atoms with Crippen molar-refractivity contribution in [2.45, 2.75) is 63.5 Å². The molecule has 36 heavy (non-hydrogen) atoms. The molecule has 0 bridgehead atoms. The summed E-state index contributed by atoms with van der Waals surface area (Å²) in [7, 11) is 0. The van der Waals surface area contributed by atoms with Crippen molar-refractivity contribution in [3.05, 3.63) is 71.5 Å². The molecular weight excluding hydrogens is 463 g/mol. The number of benzene rings is 2. The van der Waals surface area contributed by atoms with Crippen LogP contribution in [0.5, 0.6) is 0 Å². The largest absolute Gasteiger partial charge is 0.480 e. The Hall–Kier alpha value is -3.26. The van der Waals surface area contributed by atoms with Gasteiger partial charge in [-0.15, -0.1) is 0 Å². The minimum absolute atomic E-state index is 0.139. The van der Waals surface area contributed by atoms with Gasteiger partial charge in [-0.3, -0.25) is 19.7 Å². The zero-order valence-electron chi connectivity index (χ0n) is 20.7. The van der Waals surface area contributed by atoms with Crippen LogP contribution in [-0.2, 0) is 25.5 Å². The lowest BCUT2D eigenvalue weighted by Crippen LogP contribution is -2.52. The lowest BCUT2D eigenvalue weighted by molar-refractivity contribution is -0.148. The molecule has 1 heterocycles. The molecule has 2 aromatic carbocycles. The summed E-state index contributed by atoms with van der Waals surface area (Å²) in [6.45, 7) is 2.10. The van der Waals surface area contributed by atoms with Crippen LogP contribution < -0.4 is 5.32 Å². The number of rotatable bonds is 12. The summed E-state index contributed by atoms with van der Waals surface area (Å²) < 4.78 is 18.9. The number of halogens is 1. The van der Waals surface area contributed by atoms with E-state index in [4.69, 9.17) is 4.74 Å². The number of likely N-dealkylation sites (tertiary alicyclic amines) is 1. The maximum Gasteiger partial charge on any atom is 0.323 e. The first-order valence-corrected chi connectivity index (χ1v) is 12.6. The lowest BCUT2D eigenvalue weighted by atomic mass is 9.93. The third-order valence-corrected chi connectivity index (χ3v) is 6.52. The minimum Gasteiger partial charge on any atom is -0.480 e. The standard InChI is InChI=1S/C28H35FN2O5/c1-2-3-17-36-28(35)25(15-9-20-7-5-4-6-8-20)30-24-16-12-22(21-10-13-23(29)14-11-21)18-31(27(24)34)19-26(32)33/h4-8,10-11,13-14,22,24-25,30H,2-3,9,12,15-19H2,1H3,(H,32,33)/t22?,24?,25-/m0/s1. The summed E-state index contributed by atoms with van der Waals surface area (Å²) in [5.41, 5.74) is 1.92. The summed E-state index contributed by atoms with van der Waals surface area (Å²) >= 11 is 0. The molecule has 0 aliphatic carbocycles. The van der Waals surface area contributed by atoms with Crippen LogP contribution in [0.2, 0.25) is 0 Å². The highest BCUT2D eigenvalue weighted by Gasteiger charge is 2.35. The van der Waals surface area contributed by atoms with Crippen LogP contribution in [0.25, 0.3) is 0 Å². The highest BCUT2D eigenvalue weighted by Crippen LogP contribution is 2.28. The van der Waals surface area contributed by atoms with Gasteiger partial charge < -0.3 is 14.7 Å². The number of aliphatic carboxylic acids is 1. The summed E-state index contributed by atoms with van der Waals surface area (Å²) in [6.07, 6.45) is 3.72. The molecular formula is C28H35FN2O5. The molecule has 1 fully saturated rings. The predicted molar refractivity (Wildman–Crippen MR) is 134 cm³/mol. The fourth-order valence-electron chi connectivity index (χ4n) is 4.51. The molecule has 3 atom stereocenters. The molecule has 0 radical (unpaired) electrons. The highest BCUT2D eigenvalue weighted by molar-refractivity contribution is 5.86. The van der Waals surface area contributed by atoms with Gasteiger partial charge in [-0.1, -0.05) is 55.8 Å². The van der Waals surface area contributed by atoms with Gasteiger partial charge in [0.15, 0.2) is 0 Å². The van der Waals surface area contributed by atoms with Gasteiger partial charge in [0.05, 0.1) is 12.6 Å². The van der Waals surface area contributed by atoms with Crippen molar-refractivity contribution >= 4 is 17.8 Å². The van der Waals surface area contributed by atoms with Gasteiger partial charge in [-0.05, 0) is 55.4 Å². The number of nitrogens with zero attached hydrogens (tertiary/aromatic N) is 1. The molecule has 8 heteroatoms. The van der Waals surface area contributed by atoms with Gasteiger partial charge in [0.25, 0.3) is 0 Å². The number of aryl methyl sites for hydroxylation is 1. The lowest BCUT2D eigenvalue weighted by Gasteiger charge is -2.27. The van der Waals surface area contributed by atoms with E-state index < -0.39 is 30.6 Å². The summed E-state index contributed by atoms with van der Waals surface area (Å²) in [6, 6.07) is 14.4. The third kappa shape index (κ3) is 8.16. The molecule has 194 valence electrons. The van der Waals surface area contributed by atoms with Crippen LogP contribution in [0.3, 0.4) is 0 Å². The first-order chi connectivity index (χ1) is 17.4. The number of hydrogen-bond acceptors (Lipinski definition) is 5. The van der Waals surface area contributed by atoms with Gasteiger partial charge >= 0.3 is 11.9 Å². The molecule has 7 nitrogen and oxygen atoms in total. The number of carboxylic acid groups (broad SMARTS) is 1. The van der Waals surface area contributed by atoms with Crippen LogP contribution in [-0.4, -0.2) is 59.6 Å². The number of esters is 1. The Kier molecular flexibility index (Phi) is 10.4. The molecule has 2 N–H and O–H groups in total. The van der Waals surface area contributed by atoms with E-state index in [0.717, 1.165) is 24.0 Å². The summed E-state index contributed by atoms with van der Waals surface area (Å²) in [4.78, 5) is 39.2. The normalized spacial score (nSPS) is 18.9. The summed E-state index contributed by atoms with van der Waals surface area (Å²) in [5, 5.41) is 12.6. The SMILES string of the molecule is CCCCOC(=O)[C@H](CCc1ccccc1)NC1CCC(c2ccc(F)cc2)CN(CC(=O)O)C1=O. The number of carbonyl (C=O) groups excluding carboxylic acids is 2. The smallest absolute Gasteiger partial charge is 0.323 e. The first kappa shape index (κ1) is 27.3. The maximum atomic E-state index is 13.4. The Morgan fingerprint density at radius 2 is 1.86 bits per heavy atom. The monoisotopic (exact) mass is 498 g/mol. The Labute approximate surface area is 211 Å². The maximum absolute atomic E-state index is 13.4. The highest BCUT2D eigenvalue weighted by atomic mass is 19.1. The second-order valence-electron chi connectivity index (χ2n) is 9.26. The molecule has 2 unspecified atom stereocenters. The van der Waals surface area contributed by atoms with E-state index >= 15 is 0 Å². The van der Waals surface area contributed by atoms with E-state index in [0.29, 0.717) is 32.3 Å². The number of carboxylic acids is 1. The minimum atomic E-state index is -1.11. The molecule has 0 aromatic heterocycles. The molecule has 0 spiro atoms. The fourth-order valence-corrected chi connectivity index (χ4v) is 4.51. The topological polar surface area (TPSA) is 95.9 Å². The van der Waals surface area contributed by atoms with Gasteiger partial charge in [0, 0.05) is 12.5 Å². The quantitative estimate of drug-likeness (QED) is 0.340. The van der Waals surface area contributed by atoms with Crippen molar-refractivity contribution in [1.29, 1.82) is 0 Å². The van der Waals surface area contributed by atoms with Crippen molar-refractivity contribution in [3.8, 4) is 0 Å². The number of unbranched alkanes of at least 4 members (excludes halogenated alkanes) is 1. The van der Waals surface area contributed by atoms with Gasteiger partial charge in [-0.2, -0.15) is 0 Å². The van der Waals surface area contributed by atoms with Gasteiger partial charge in [0.2, 0.25) is 5.91 Å². The van der Waals surface area contributed by atoms with E-state index in [2.05, 4.69) is 5.32 Å².